The Bertz CT molecular complexity index is 1560. The highest BCUT2D eigenvalue weighted by molar-refractivity contribution is 6.30. The summed E-state index contributed by atoms with van der Waals surface area (Å²) < 4.78 is 6.38. The largest absolute Gasteiger partial charge is 0.455 e. The van der Waals surface area contributed by atoms with Gasteiger partial charge in [0.15, 0.2) is 0 Å². The van der Waals surface area contributed by atoms with Gasteiger partial charge in [0.2, 0.25) is 0 Å². The highest BCUT2D eigenvalue weighted by Gasteiger charge is 2.25. The van der Waals surface area contributed by atoms with Crippen LogP contribution in [0.1, 0.15) is 47.9 Å². The minimum absolute atomic E-state index is 0.834. The predicted octanol–water partition coefficient (Wildman–Crippen LogP) is 8.26. The third-order valence-electron chi connectivity index (χ3n) is 7.46. The van der Waals surface area contributed by atoms with Crippen molar-refractivity contribution >= 4 is 44.1 Å². The zero-order valence-electron chi connectivity index (χ0n) is 18.3. The molecular formula is C30H25NO. The van der Waals surface area contributed by atoms with Crippen molar-refractivity contribution in [1.82, 2.24) is 0 Å². The van der Waals surface area contributed by atoms with Gasteiger partial charge in [-0.15, -0.1) is 0 Å². The van der Waals surface area contributed by atoms with Crippen molar-refractivity contribution in [1.29, 1.82) is 0 Å². The molecule has 7 rings (SSSR count). The number of hydrogen-bond donors (Lipinski definition) is 0. The van der Waals surface area contributed by atoms with Gasteiger partial charge in [0, 0.05) is 27.3 Å². The van der Waals surface area contributed by atoms with E-state index in [0.29, 0.717) is 0 Å². The van der Waals surface area contributed by atoms with E-state index < -0.39 is 0 Å². The van der Waals surface area contributed by atoms with E-state index in [2.05, 4.69) is 67.6 Å². The van der Waals surface area contributed by atoms with E-state index in [9.17, 15) is 0 Å². The Hall–Kier alpha value is -3.39. The van der Waals surface area contributed by atoms with E-state index in [1.54, 1.807) is 0 Å². The molecule has 0 radical (unpaired) electrons. The van der Waals surface area contributed by atoms with Crippen molar-refractivity contribution in [3.8, 4) is 0 Å². The zero-order valence-corrected chi connectivity index (χ0v) is 18.3. The molecule has 2 heterocycles. The van der Waals surface area contributed by atoms with Crippen LogP contribution in [0, 0.1) is 12.8 Å². The fourth-order valence-electron chi connectivity index (χ4n) is 5.98. The molecule has 156 valence electrons. The quantitative estimate of drug-likeness (QED) is 0.285. The molecule has 32 heavy (non-hydrogen) atoms. The molecule has 5 aromatic rings. The van der Waals surface area contributed by atoms with Crippen LogP contribution in [0.5, 0.6) is 0 Å². The topological polar surface area (TPSA) is 25.5 Å². The first-order valence-electron chi connectivity index (χ1n) is 11.8. The monoisotopic (exact) mass is 415 g/mol. The number of fused-ring (bicyclic) bond motifs is 3. The second-order valence-electron chi connectivity index (χ2n) is 9.57. The van der Waals surface area contributed by atoms with Gasteiger partial charge in [-0.1, -0.05) is 68.1 Å². The second kappa shape index (κ2) is 6.80. The van der Waals surface area contributed by atoms with Gasteiger partial charge in [0.1, 0.15) is 11.2 Å². The van der Waals surface area contributed by atoms with Crippen molar-refractivity contribution in [3.05, 3.63) is 89.0 Å². The molecular weight excluding hydrogens is 390 g/mol. The molecule has 0 amide bonds. The normalized spacial score (nSPS) is 16.0. The number of rotatable bonds is 3. The summed E-state index contributed by atoms with van der Waals surface area (Å²) in [7, 11) is 0. The molecule has 4 aromatic carbocycles. The maximum atomic E-state index is 6.38. The van der Waals surface area contributed by atoms with Crippen LogP contribution >= 0.6 is 0 Å². The summed E-state index contributed by atoms with van der Waals surface area (Å²) in [5.74, 6) is 0.834. The Kier molecular flexibility index (Phi) is 3.87. The van der Waals surface area contributed by atoms with E-state index in [1.165, 1.54) is 70.3 Å². The van der Waals surface area contributed by atoms with Gasteiger partial charge in [-0.3, -0.25) is 0 Å². The lowest BCUT2D eigenvalue weighted by Gasteiger charge is -2.13. The van der Waals surface area contributed by atoms with E-state index in [4.69, 9.17) is 9.41 Å². The molecule has 0 N–H and O–H groups in total. The second-order valence-corrected chi connectivity index (χ2v) is 9.57. The SMILES string of the molecule is Cc1cc(C2=Nc3cccc4c(CC5CCCC5)ccc2c34)c2oc3ccccc3c2c1. The number of furan rings is 1. The average Bonchev–Trinajstić information content (AvgIpc) is 3.53. The Morgan fingerprint density at radius 1 is 0.844 bits per heavy atom. The Labute approximate surface area is 187 Å². The standard InChI is InChI=1S/C30H25NO/c1-18-15-24-22-9-4-5-12-27(22)32-30(24)25(16-18)29-23-14-13-20(17-19-7-2-3-8-19)21-10-6-11-26(31-29)28(21)23/h4-6,9-16,19H,2-3,7-8,17H2,1H3. The predicted molar refractivity (Wildman–Crippen MR) is 133 cm³/mol. The summed E-state index contributed by atoms with van der Waals surface area (Å²) in [4.78, 5) is 5.16. The lowest BCUT2D eigenvalue weighted by molar-refractivity contribution is 0.548. The molecule has 1 fully saturated rings. The van der Waals surface area contributed by atoms with Crippen molar-refractivity contribution in [2.75, 3.05) is 0 Å². The molecule has 2 heteroatoms. The minimum Gasteiger partial charge on any atom is -0.455 e. The van der Waals surface area contributed by atoms with Crippen LogP contribution in [0.4, 0.5) is 5.69 Å². The minimum atomic E-state index is 0.834. The highest BCUT2D eigenvalue weighted by atomic mass is 16.3. The van der Waals surface area contributed by atoms with E-state index >= 15 is 0 Å². The van der Waals surface area contributed by atoms with Crippen LogP contribution in [0.3, 0.4) is 0 Å². The number of aryl methyl sites for hydroxylation is 1. The molecule has 0 atom stereocenters. The van der Waals surface area contributed by atoms with Crippen molar-refractivity contribution in [2.45, 2.75) is 39.0 Å². The maximum Gasteiger partial charge on any atom is 0.144 e. The lowest BCUT2D eigenvalue weighted by Crippen LogP contribution is -2.04. The summed E-state index contributed by atoms with van der Waals surface area (Å²) >= 11 is 0. The average molecular weight is 416 g/mol. The van der Waals surface area contributed by atoms with Crippen molar-refractivity contribution in [3.63, 3.8) is 0 Å². The first kappa shape index (κ1) is 18.2. The maximum absolute atomic E-state index is 6.38. The number of benzene rings is 4. The van der Waals surface area contributed by atoms with Gasteiger partial charge < -0.3 is 4.42 Å². The van der Waals surface area contributed by atoms with Crippen LogP contribution in [0.25, 0.3) is 32.7 Å². The third kappa shape index (κ3) is 2.62. The smallest absolute Gasteiger partial charge is 0.144 e. The van der Waals surface area contributed by atoms with Gasteiger partial charge in [0.25, 0.3) is 0 Å². The van der Waals surface area contributed by atoms with Gasteiger partial charge in [-0.25, -0.2) is 4.99 Å². The number of para-hydroxylation sites is 1. The highest BCUT2D eigenvalue weighted by Crippen LogP contribution is 2.42. The fraction of sp³-hybridized carbons (Fsp3) is 0.233. The van der Waals surface area contributed by atoms with Crippen LogP contribution in [0.15, 0.2) is 76.1 Å². The molecule has 1 saturated carbocycles. The van der Waals surface area contributed by atoms with E-state index in [1.807, 2.05) is 6.07 Å². The lowest BCUT2D eigenvalue weighted by atomic mass is 9.90. The summed E-state index contributed by atoms with van der Waals surface area (Å²) in [6.45, 7) is 2.16. The Morgan fingerprint density at radius 3 is 2.59 bits per heavy atom. The molecule has 0 bridgehead atoms. The van der Waals surface area contributed by atoms with Crippen LogP contribution in [-0.2, 0) is 6.42 Å². The molecule has 1 aliphatic carbocycles. The van der Waals surface area contributed by atoms with Gasteiger partial charge in [0.05, 0.1) is 11.4 Å². The molecule has 0 unspecified atom stereocenters. The zero-order chi connectivity index (χ0) is 21.2. The summed E-state index contributed by atoms with van der Waals surface area (Å²) in [5, 5.41) is 5.02. The molecule has 2 aliphatic rings. The third-order valence-corrected chi connectivity index (χ3v) is 7.46. The van der Waals surface area contributed by atoms with E-state index in [0.717, 1.165) is 34.0 Å². The van der Waals surface area contributed by atoms with Crippen molar-refractivity contribution < 1.29 is 4.42 Å². The summed E-state index contributed by atoms with van der Waals surface area (Å²) in [6, 6.07) is 24.0. The van der Waals surface area contributed by atoms with Crippen LogP contribution in [-0.4, -0.2) is 5.71 Å². The van der Waals surface area contributed by atoms with Gasteiger partial charge in [-0.05, 0) is 60.0 Å². The Morgan fingerprint density at radius 2 is 1.69 bits per heavy atom. The number of nitrogens with zero attached hydrogens (tertiary/aromatic N) is 1. The first-order chi connectivity index (χ1) is 15.8. The molecule has 0 saturated heterocycles. The number of hydrogen-bond acceptors (Lipinski definition) is 2. The summed E-state index contributed by atoms with van der Waals surface area (Å²) in [6.07, 6.45) is 6.71. The van der Waals surface area contributed by atoms with E-state index in [-0.39, 0.29) is 0 Å². The first-order valence-corrected chi connectivity index (χ1v) is 11.8. The summed E-state index contributed by atoms with van der Waals surface area (Å²) in [5.41, 5.74) is 9.03. The fourth-order valence-corrected chi connectivity index (χ4v) is 5.98. The van der Waals surface area contributed by atoms with Gasteiger partial charge in [-0.2, -0.15) is 0 Å². The van der Waals surface area contributed by atoms with Crippen LogP contribution < -0.4 is 0 Å². The molecule has 1 aromatic heterocycles. The van der Waals surface area contributed by atoms with Crippen molar-refractivity contribution in [2.24, 2.45) is 10.9 Å². The molecule has 1 aliphatic heterocycles. The molecule has 0 spiro atoms. The Balaban J connectivity index is 1.43. The molecule has 2 nitrogen and oxygen atoms in total. The van der Waals surface area contributed by atoms with Crippen LogP contribution in [0.2, 0.25) is 0 Å². The van der Waals surface area contributed by atoms with Gasteiger partial charge >= 0.3 is 0 Å². The number of aliphatic imine (C=N–C) groups is 1.